The maximum atomic E-state index is 13.5. The Bertz CT molecular complexity index is 572. The summed E-state index contributed by atoms with van der Waals surface area (Å²) < 4.78 is 26.8. The van der Waals surface area contributed by atoms with Gasteiger partial charge in [-0.1, -0.05) is 24.3 Å². The Hall–Kier alpha value is -1.46. The van der Waals surface area contributed by atoms with E-state index >= 15 is 0 Å². The fourth-order valence-corrected chi connectivity index (χ4v) is 1.96. The molecule has 0 amide bonds. The molecule has 2 aromatic rings. The number of benzene rings is 2. The van der Waals surface area contributed by atoms with Gasteiger partial charge in [-0.3, -0.25) is 0 Å². The fraction of sp³-hybridized carbons (Fsp3) is 0.143. The number of aliphatic hydroxyl groups is 1. The minimum absolute atomic E-state index is 0.00670. The van der Waals surface area contributed by atoms with Crippen molar-refractivity contribution in [3.63, 3.8) is 0 Å². The molecule has 2 N–H and O–H groups in total. The second-order valence-electron chi connectivity index (χ2n) is 4.07. The highest BCUT2D eigenvalue weighted by molar-refractivity contribution is 9.10. The molecule has 0 aromatic heterocycles. The first kappa shape index (κ1) is 14.0. The Morgan fingerprint density at radius 2 is 1.63 bits per heavy atom. The molecule has 2 aromatic carbocycles. The molecule has 0 aliphatic carbocycles. The zero-order valence-electron chi connectivity index (χ0n) is 9.96. The van der Waals surface area contributed by atoms with Crippen molar-refractivity contribution < 1.29 is 13.9 Å². The van der Waals surface area contributed by atoms with Crippen molar-refractivity contribution >= 4 is 21.6 Å². The van der Waals surface area contributed by atoms with Crippen LogP contribution >= 0.6 is 15.9 Å². The predicted molar refractivity (Wildman–Crippen MR) is 73.7 cm³/mol. The van der Waals surface area contributed by atoms with E-state index in [-0.39, 0.29) is 16.8 Å². The van der Waals surface area contributed by atoms with Gasteiger partial charge < -0.3 is 10.4 Å². The average Bonchev–Trinajstić information content (AvgIpc) is 2.42. The van der Waals surface area contributed by atoms with Gasteiger partial charge in [-0.15, -0.1) is 0 Å². The van der Waals surface area contributed by atoms with Crippen LogP contribution in [-0.4, -0.2) is 5.11 Å². The molecule has 0 saturated heterocycles. The minimum atomic E-state index is -0.632. The molecule has 0 bridgehead atoms. The molecular formula is C14H12BrF2NO. The van der Waals surface area contributed by atoms with E-state index in [0.29, 0.717) is 6.54 Å². The van der Waals surface area contributed by atoms with E-state index in [0.717, 1.165) is 17.2 Å². The Labute approximate surface area is 118 Å². The summed E-state index contributed by atoms with van der Waals surface area (Å²) in [6.45, 7) is 0.411. The highest BCUT2D eigenvalue weighted by Crippen LogP contribution is 2.24. The van der Waals surface area contributed by atoms with Crippen LogP contribution in [0.1, 0.15) is 11.1 Å². The SMILES string of the molecule is OCc1ccc(CNc2cc(Br)c(F)cc2F)cc1. The molecular weight excluding hydrogens is 316 g/mol. The molecule has 0 aliphatic heterocycles. The number of hydrogen-bond donors (Lipinski definition) is 2. The Kier molecular flexibility index (Phi) is 4.50. The molecule has 2 rings (SSSR count). The average molecular weight is 328 g/mol. The first-order chi connectivity index (χ1) is 9.10. The summed E-state index contributed by atoms with van der Waals surface area (Å²) in [6.07, 6.45) is 0. The van der Waals surface area contributed by atoms with Crippen LogP contribution in [0.5, 0.6) is 0 Å². The zero-order valence-corrected chi connectivity index (χ0v) is 11.5. The highest BCUT2D eigenvalue weighted by atomic mass is 79.9. The van der Waals surface area contributed by atoms with Crippen LogP contribution in [0.25, 0.3) is 0 Å². The number of aliphatic hydroxyl groups excluding tert-OH is 1. The van der Waals surface area contributed by atoms with Crippen LogP contribution in [0.3, 0.4) is 0 Å². The number of halogens is 3. The molecule has 2 nitrogen and oxygen atoms in total. The standard InChI is InChI=1S/C14H12BrF2NO/c15-11-5-14(13(17)6-12(11)16)18-7-9-1-3-10(8-19)4-2-9/h1-6,18-19H,7-8H2. The summed E-state index contributed by atoms with van der Waals surface area (Å²) >= 11 is 3.02. The van der Waals surface area contributed by atoms with Crippen LogP contribution < -0.4 is 5.32 Å². The van der Waals surface area contributed by atoms with Crippen LogP contribution in [0.4, 0.5) is 14.5 Å². The lowest BCUT2D eigenvalue weighted by molar-refractivity contribution is 0.282. The second-order valence-corrected chi connectivity index (χ2v) is 4.93. The molecule has 0 radical (unpaired) electrons. The van der Waals surface area contributed by atoms with Gasteiger partial charge in [0.2, 0.25) is 0 Å². The summed E-state index contributed by atoms with van der Waals surface area (Å²) in [5.41, 5.74) is 2.00. The summed E-state index contributed by atoms with van der Waals surface area (Å²) in [7, 11) is 0. The molecule has 0 spiro atoms. The van der Waals surface area contributed by atoms with Gasteiger partial charge in [-0.2, -0.15) is 0 Å². The van der Waals surface area contributed by atoms with E-state index in [9.17, 15) is 8.78 Å². The summed E-state index contributed by atoms with van der Waals surface area (Å²) in [6, 6.07) is 9.49. The Balaban J connectivity index is 2.07. The number of anilines is 1. The van der Waals surface area contributed by atoms with Crippen molar-refractivity contribution in [3.8, 4) is 0 Å². The molecule has 0 fully saturated rings. The van der Waals surface area contributed by atoms with Gasteiger partial charge in [0.1, 0.15) is 11.6 Å². The minimum Gasteiger partial charge on any atom is -0.392 e. The molecule has 0 saturated carbocycles. The first-order valence-corrected chi connectivity index (χ1v) is 6.46. The van der Waals surface area contributed by atoms with Crippen molar-refractivity contribution in [3.05, 3.63) is 63.6 Å². The lowest BCUT2D eigenvalue weighted by Gasteiger charge is -2.09. The third-order valence-electron chi connectivity index (χ3n) is 2.70. The number of nitrogens with one attached hydrogen (secondary N) is 1. The normalized spacial score (nSPS) is 10.5. The van der Waals surface area contributed by atoms with Crippen molar-refractivity contribution in [1.29, 1.82) is 0 Å². The third kappa shape index (κ3) is 3.52. The smallest absolute Gasteiger partial charge is 0.149 e. The van der Waals surface area contributed by atoms with Gasteiger partial charge in [0, 0.05) is 12.6 Å². The Morgan fingerprint density at radius 3 is 2.26 bits per heavy atom. The molecule has 0 heterocycles. The monoisotopic (exact) mass is 327 g/mol. The van der Waals surface area contributed by atoms with Crippen LogP contribution in [0.2, 0.25) is 0 Å². The molecule has 100 valence electrons. The summed E-state index contributed by atoms with van der Waals surface area (Å²) in [5.74, 6) is -1.26. The summed E-state index contributed by atoms with van der Waals surface area (Å²) in [4.78, 5) is 0. The fourth-order valence-electron chi connectivity index (χ4n) is 1.62. The van der Waals surface area contributed by atoms with Crippen molar-refractivity contribution in [2.45, 2.75) is 13.2 Å². The number of rotatable bonds is 4. The van der Waals surface area contributed by atoms with Crippen molar-refractivity contribution in [2.75, 3.05) is 5.32 Å². The topological polar surface area (TPSA) is 32.3 Å². The lowest BCUT2D eigenvalue weighted by atomic mass is 10.1. The lowest BCUT2D eigenvalue weighted by Crippen LogP contribution is -2.02. The van der Waals surface area contributed by atoms with E-state index < -0.39 is 11.6 Å². The summed E-state index contributed by atoms with van der Waals surface area (Å²) in [5, 5.41) is 11.8. The van der Waals surface area contributed by atoms with E-state index in [2.05, 4.69) is 21.2 Å². The van der Waals surface area contributed by atoms with Gasteiger partial charge in [0.05, 0.1) is 16.8 Å². The van der Waals surface area contributed by atoms with Gasteiger partial charge in [0.25, 0.3) is 0 Å². The highest BCUT2D eigenvalue weighted by Gasteiger charge is 2.07. The quantitative estimate of drug-likeness (QED) is 0.836. The molecule has 5 heteroatoms. The molecule has 0 aliphatic rings. The Morgan fingerprint density at radius 1 is 1.00 bits per heavy atom. The van der Waals surface area contributed by atoms with Crippen molar-refractivity contribution in [1.82, 2.24) is 0 Å². The van der Waals surface area contributed by atoms with Crippen LogP contribution in [0.15, 0.2) is 40.9 Å². The molecule has 19 heavy (non-hydrogen) atoms. The zero-order chi connectivity index (χ0) is 13.8. The largest absolute Gasteiger partial charge is 0.392 e. The predicted octanol–water partition coefficient (Wildman–Crippen LogP) is 3.83. The molecule has 0 unspecified atom stereocenters. The van der Waals surface area contributed by atoms with E-state index in [1.807, 2.05) is 12.1 Å². The van der Waals surface area contributed by atoms with Crippen LogP contribution in [-0.2, 0) is 13.2 Å². The van der Waals surface area contributed by atoms with E-state index in [1.165, 1.54) is 6.07 Å². The van der Waals surface area contributed by atoms with E-state index in [4.69, 9.17) is 5.11 Å². The van der Waals surface area contributed by atoms with Crippen molar-refractivity contribution in [2.24, 2.45) is 0 Å². The molecule has 0 atom stereocenters. The second kappa shape index (κ2) is 6.12. The first-order valence-electron chi connectivity index (χ1n) is 5.67. The van der Waals surface area contributed by atoms with Gasteiger partial charge >= 0.3 is 0 Å². The third-order valence-corrected chi connectivity index (χ3v) is 3.31. The van der Waals surface area contributed by atoms with Gasteiger partial charge in [0.15, 0.2) is 0 Å². The maximum Gasteiger partial charge on any atom is 0.149 e. The number of hydrogen-bond acceptors (Lipinski definition) is 2. The van der Waals surface area contributed by atoms with Crippen LogP contribution in [0, 0.1) is 11.6 Å². The maximum absolute atomic E-state index is 13.5. The van der Waals surface area contributed by atoms with E-state index in [1.54, 1.807) is 12.1 Å². The van der Waals surface area contributed by atoms with Gasteiger partial charge in [-0.05, 0) is 33.1 Å². The van der Waals surface area contributed by atoms with Gasteiger partial charge in [-0.25, -0.2) is 8.78 Å².